The lowest BCUT2D eigenvalue weighted by molar-refractivity contribution is -0.125. The Hall–Kier alpha value is -2.86. The maximum absolute atomic E-state index is 13.1. The van der Waals surface area contributed by atoms with Gasteiger partial charge in [-0.1, -0.05) is 12.1 Å². The average molecular weight is 409 g/mol. The van der Waals surface area contributed by atoms with Gasteiger partial charge in [-0.15, -0.1) is 0 Å². The number of carbonyl (C=O) groups excluding carboxylic acids is 1. The van der Waals surface area contributed by atoms with Crippen LogP contribution in [0.3, 0.4) is 0 Å². The number of aromatic amines is 1. The highest BCUT2D eigenvalue weighted by Crippen LogP contribution is 2.20. The van der Waals surface area contributed by atoms with Crippen LogP contribution in [-0.2, 0) is 11.2 Å². The molecule has 6 heteroatoms. The highest BCUT2D eigenvalue weighted by atomic mass is 19.1. The molecule has 2 aromatic carbocycles. The summed E-state index contributed by atoms with van der Waals surface area (Å²) in [6, 6.07) is 12.9. The lowest BCUT2D eigenvalue weighted by atomic mass is 10.1. The number of amides is 1. The zero-order valence-electron chi connectivity index (χ0n) is 17.6. The summed E-state index contributed by atoms with van der Waals surface area (Å²) in [5.41, 5.74) is 4.63. The number of rotatable bonds is 6. The van der Waals surface area contributed by atoms with Crippen molar-refractivity contribution >= 4 is 22.5 Å². The van der Waals surface area contributed by atoms with Gasteiger partial charge in [0.25, 0.3) is 0 Å². The number of nitrogens with zero attached hydrogens (tertiary/aromatic N) is 2. The molecule has 0 aliphatic carbocycles. The van der Waals surface area contributed by atoms with Gasteiger partial charge in [-0.25, -0.2) is 4.39 Å². The van der Waals surface area contributed by atoms with Crippen LogP contribution in [0.5, 0.6) is 0 Å². The van der Waals surface area contributed by atoms with Crippen LogP contribution in [0.25, 0.3) is 10.9 Å². The smallest absolute Gasteiger partial charge is 0.237 e. The Balaban J connectivity index is 1.25. The van der Waals surface area contributed by atoms with Crippen LogP contribution < -0.4 is 10.2 Å². The monoisotopic (exact) mass is 408 g/mol. The molecule has 5 nitrogen and oxygen atoms in total. The van der Waals surface area contributed by atoms with E-state index in [0.717, 1.165) is 43.8 Å². The van der Waals surface area contributed by atoms with Gasteiger partial charge in [-0.3, -0.25) is 9.69 Å². The van der Waals surface area contributed by atoms with E-state index in [1.54, 1.807) is 0 Å². The average Bonchev–Trinajstić information content (AvgIpc) is 3.15. The number of benzene rings is 2. The molecule has 0 saturated carbocycles. The lowest BCUT2D eigenvalue weighted by Gasteiger charge is -2.38. The summed E-state index contributed by atoms with van der Waals surface area (Å²) in [4.78, 5) is 20.4. The minimum absolute atomic E-state index is 0.0703. The van der Waals surface area contributed by atoms with E-state index < -0.39 is 0 Å². The molecule has 0 bridgehead atoms. The van der Waals surface area contributed by atoms with E-state index in [2.05, 4.69) is 45.2 Å². The molecule has 1 unspecified atom stereocenters. The van der Waals surface area contributed by atoms with E-state index in [1.165, 1.54) is 28.6 Å². The first kappa shape index (κ1) is 20.4. The fourth-order valence-electron chi connectivity index (χ4n) is 4.16. The predicted molar refractivity (Wildman–Crippen MR) is 119 cm³/mol. The number of H-pyrrole nitrogens is 1. The molecule has 30 heavy (non-hydrogen) atoms. The second kappa shape index (κ2) is 8.88. The summed E-state index contributed by atoms with van der Waals surface area (Å²) < 4.78 is 13.1. The molecule has 1 aliphatic rings. The lowest BCUT2D eigenvalue weighted by Crippen LogP contribution is -2.54. The van der Waals surface area contributed by atoms with Gasteiger partial charge >= 0.3 is 0 Å². The molecule has 1 atom stereocenters. The molecule has 0 radical (unpaired) electrons. The molecule has 1 fully saturated rings. The van der Waals surface area contributed by atoms with Crippen LogP contribution in [0.15, 0.2) is 48.7 Å². The third-order valence-corrected chi connectivity index (χ3v) is 6.05. The first-order valence-corrected chi connectivity index (χ1v) is 10.6. The van der Waals surface area contributed by atoms with Gasteiger partial charge in [0.05, 0.1) is 6.04 Å². The number of piperazine rings is 1. The largest absolute Gasteiger partial charge is 0.369 e. The fourth-order valence-corrected chi connectivity index (χ4v) is 4.16. The molecule has 2 N–H and O–H groups in total. The molecule has 1 amide bonds. The molecule has 0 spiro atoms. The van der Waals surface area contributed by atoms with E-state index in [-0.39, 0.29) is 17.8 Å². The van der Waals surface area contributed by atoms with Gasteiger partial charge in [0.15, 0.2) is 0 Å². The molecule has 1 aliphatic heterocycles. The van der Waals surface area contributed by atoms with Crippen LogP contribution in [0.1, 0.15) is 18.1 Å². The molecule has 158 valence electrons. The van der Waals surface area contributed by atoms with Crippen LogP contribution in [0.2, 0.25) is 0 Å². The number of halogens is 1. The van der Waals surface area contributed by atoms with Gasteiger partial charge in [0.2, 0.25) is 5.91 Å². The molecule has 1 aromatic heterocycles. The van der Waals surface area contributed by atoms with E-state index in [0.29, 0.717) is 6.54 Å². The Kier molecular flexibility index (Phi) is 6.04. The van der Waals surface area contributed by atoms with Crippen molar-refractivity contribution in [3.05, 3.63) is 65.6 Å². The summed E-state index contributed by atoms with van der Waals surface area (Å²) >= 11 is 0. The topological polar surface area (TPSA) is 51.4 Å². The zero-order chi connectivity index (χ0) is 21.1. The molecule has 1 saturated heterocycles. The van der Waals surface area contributed by atoms with Crippen molar-refractivity contribution in [2.24, 2.45) is 0 Å². The van der Waals surface area contributed by atoms with Crippen LogP contribution in [0.4, 0.5) is 10.1 Å². The summed E-state index contributed by atoms with van der Waals surface area (Å²) in [7, 11) is 0. The molecule has 2 heterocycles. The Bertz CT molecular complexity index is 1010. The van der Waals surface area contributed by atoms with Gasteiger partial charge in [0, 0.05) is 55.5 Å². The van der Waals surface area contributed by atoms with E-state index >= 15 is 0 Å². The van der Waals surface area contributed by atoms with Gasteiger partial charge in [0.1, 0.15) is 5.82 Å². The number of hydrogen-bond donors (Lipinski definition) is 2. The number of fused-ring (bicyclic) bond motifs is 1. The number of aryl methyl sites for hydroxylation is 1. The minimum atomic E-state index is -0.217. The normalized spacial score (nSPS) is 16.0. The van der Waals surface area contributed by atoms with Crippen molar-refractivity contribution in [3.63, 3.8) is 0 Å². The predicted octanol–water partition coefficient (Wildman–Crippen LogP) is 3.48. The highest BCUT2D eigenvalue weighted by Gasteiger charge is 2.25. The maximum Gasteiger partial charge on any atom is 0.237 e. The van der Waals surface area contributed by atoms with Crippen LogP contribution in [0, 0.1) is 12.7 Å². The summed E-state index contributed by atoms with van der Waals surface area (Å²) in [6.45, 7) is 7.97. The van der Waals surface area contributed by atoms with Crippen molar-refractivity contribution in [2.45, 2.75) is 26.3 Å². The maximum atomic E-state index is 13.1. The molecule has 3 aromatic rings. The Morgan fingerprint density at radius 2 is 1.87 bits per heavy atom. The van der Waals surface area contributed by atoms with E-state index in [4.69, 9.17) is 0 Å². The van der Waals surface area contributed by atoms with Gasteiger partial charge in [-0.05, 0) is 61.7 Å². The van der Waals surface area contributed by atoms with Crippen LogP contribution >= 0.6 is 0 Å². The molecule has 4 rings (SSSR count). The Labute approximate surface area is 176 Å². The first-order valence-electron chi connectivity index (χ1n) is 10.6. The van der Waals surface area contributed by atoms with Crippen molar-refractivity contribution in [1.29, 1.82) is 0 Å². The number of aromatic nitrogens is 1. The number of hydrogen-bond acceptors (Lipinski definition) is 3. The number of anilines is 1. The van der Waals surface area contributed by atoms with Crippen LogP contribution in [-0.4, -0.2) is 54.6 Å². The van der Waals surface area contributed by atoms with Crippen molar-refractivity contribution in [3.8, 4) is 0 Å². The van der Waals surface area contributed by atoms with Gasteiger partial charge < -0.3 is 15.2 Å². The van der Waals surface area contributed by atoms with Gasteiger partial charge in [-0.2, -0.15) is 0 Å². The number of carbonyl (C=O) groups is 1. The van der Waals surface area contributed by atoms with Crippen molar-refractivity contribution in [1.82, 2.24) is 15.2 Å². The van der Waals surface area contributed by atoms with E-state index in [9.17, 15) is 9.18 Å². The zero-order valence-corrected chi connectivity index (χ0v) is 17.6. The number of nitrogens with one attached hydrogen (secondary N) is 2. The third-order valence-electron chi connectivity index (χ3n) is 6.05. The third kappa shape index (κ3) is 4.49. The standard InChI is InChI=1S/C24H29FN4O/c1-17-3-8-22-19(16-27-23(22)15-17)9-10-26-24(30)18(2)28-11-13-29(14-12-28)21-6-4-20(25)5-7-21/h3-8,15-16,18,27H,9-14H2,1-2H3,(H,26,30). The quantitative estimate of drug-likeness (QED) is 0.657. The van der Waals surface area contributed by atoms with Crippen molar-refractivity contribution < 1.29 is 9.18 Å². The second-order valence-electron chi connectivity index (χ2n) is 8.08. The first-order chi connectivity index (χ1) is 14.5. The Morgan fingerprint density at radius 1 is 1.13 bits per heavy atom. The van der Waals surface area contributed by atoms with Crippen molar-refractivity contribution in [2.75, 3.05) is 37.6 Å². The Morgan fingerprint density at radius 3 is 2.60 bits per heavy atom. The minimum Gasteiger partial charge on any atom is -0.369 e. The SMILES string of the molecule is Cc1ccc2c(CCNC(=O)C(C)N3CCN(c4ccc(F)cc4)CC3)c[nH]c2c1. The van der Waals surface area contributed by atoms with E-state index in [1.807, 2.05) is 25.3 Å². The summed E-state index contributed by atoms with van der Waals surface area (Å²) in [6.07, 6.45) is 2.84. The second-order valence-corrected chi connectivity index (χ2v) is 8.08. The highest BCUT2D eigenvalue weighted by molar-refractivity contribution is 5.84. The fraction of sp³-hybridized carbons (Fsp3) is 0.375. The summed E-state index contributed by atoms with van der Waals surface area (Å²) in [5.74, 6) is -0.147. The summed E-state index contributed by atoms with van der Waals surface area (Å²) in [5, 5.41) is 4.32. The molecular weight excluding hydrogens is 379 g/mol. The molecular formula is C24H29FN4O.